The summed E-state index contributed by atoms with van der Waals surface area (Å²) in [5, 5.41) is 10.1. The van der Waals surface area contributed by atoms with E-state index in [0.717, 1.165) is 51.3 Å². The highest BCUT2D eigenvalue weighted by molar-refractivity contribution is 5.33. The Morgan fingerprint density at radius 2 is 2.10 bits per heavy atom. The molecule has 1 aromatic rings. The molecule has 1 heterocycles. The maximum absolute atomic E-state index is 10.1. The number of hydrogen-bond donors (Lipinski definition) is 1. The molecule has 1 N–H and O–H groups in total. The van der Waals surface area contributed by atoms with Crippen molar-refractivity contribution >= 4 is 0 Å². The molecule has 1 atom stereocenters. The maximum atomic E-state index is 10.1. The average Bonchev–Trinajstić information content (AvgIpc) is 2.38. The maximum Gasteiger partial charge on any atom is 0.119 e. The molecule has 0 aromatic heterocycles. The monoisotopic (exact) mass is 277 g/mol. The van der Waals surface area contributed by atoms with Gasteiger partial charge in [0.05, 0.1) is 12.2 Å². The van der Waals surface area contributed by atoms with Gasteiger partial charge >= 0.3 is 0 Å². The Hall–Kier alpha value is -1.06. The first-order chi connectivity index (χ1) is 9.46. The highest BCUT2D eigenvalue weighted by Gasteiger charge is 2.27. The van der Waals surface area contributed by atoms with E-state index < -0.39 is 5.60 Å². The summed E-state index contributed by atoms with van der Waals surface area (Å²) >= 11 is 0. The van der Waals surface area contributed by atoms with E-state index in [-0.39, 0.29) is 0 Å². The molecular formula is C17H27NO2. The summed E-state index contributed by atoms with van der Waals surface area (Å²) in [5.74, 6) is 0.957. The summed E-state index contributed by atoms with van der Waals surface area (Å²) in [5.41, 5.74) is 2.06. The van der Waals surface area contributed by atoms with E-state index in [0.29, 0.717) is 0 Å². The van der Waals surface area contributed by atoms with E-state index in [1.165, 1.54) is 11.1 Å². The molecular weight excluding hydrogens is 250 g/mol. The van der Waals surface area contributed by atoms with Crippen LogP contribution in [0.3, 0.4) is 0 Å². The third-order valence-electron chi connectivity index (χ3n) is 4.12. The van der Waals surface area contributed by atoms with Gasteiger partial charge in [-0.2, -0.15) is 0 Å². The zero-order valence-electron chi connectivity index (χ0n) is 13.0. The number of nitrogens with zero attached hydrogens (tertiary/aromatic N) is 1. The van der Waals surface area contributed by atoms with Crippen LogP contribution in [0.1, 0.15) is 37.3 Å². The lowest BCUT2D eigenvalue weighted by Gasteiger charge is -2.36. The Morgan fingerprint density at radius 3 is 2.80 bits per heavy atom. The van der Waals surface area contributed by atoms with E-state index >= 15 is 0 Å². The van der Waals surface area contributed by atoms with Crippen molar-refractivity contribution in [2.75, 3.05) is 26.2 Å². The van der Waals surface area contributed by atoms with Crippen molar-refractivity contribution in [3.05, 3.63) is 29.3 Å². The average molecular weight is 277 g/mol. The minimum atomic E-state index is -0.507. The lowest BCUT2D eigenvalue weighted by Crippen LogP contribution is -2.46. The second-order valence-corrected chi connectivity index (χ2v) is 6.32. The number of likely N-dealkylation sites (tertiary alicyclic amines) is 1. The van der Waals surface area contributed by atoms with Crippen molar-refractivity contribution in [3.8, 4) is 5.75 Å². The summed E-state index contributed by atoms with van der Waals surface area (Å²) < 4.78 is 5.80. The van der Waals surface area contributed by atoms with E-state index in [1.54, 1.807) is 0 Å². The molecule has 1 aromatic carbocycles. The fourth-order valence-corrected chi connectivity index (χ4v) is 2.80. The van der Waals surface area contributed by atoms with Crippen LogP contribution in [0, 0.1) is 13.8 Å². The Kier molecular flexibility index (Phi) is 5.06. The van der Waals surface area contributed by atoms with Crippen molar-refractivity contribution in [2.24, 2.45) is 0 Å². The van der Waals surface area contributed by atoms with Crippen LogP contribution in [-0.4, -0.2) is 41.8 Å². The SMILES string of the molecule is Cc1ccc(OCCCN2CCCC(C)(O)C2)cc1C. The first kappa shape index (κ1) is 15.3. The Bertz CT molecular complexity index is 443. The van der Waals surface area contributed by atoms with E-state index in [4.69, 9.17) is 4.74 Å². The highest BCUT2D eigenvalue weighted by atomic mass is 16.5. The lowest BCUT2D eigenvalue weighted by molar-refractivity contribution is -0.0165. The number of ether oxygens (including phenoxy) is 1. The zero-order chi connectivity index (χ0) is 14.6. The summed E-state index contributed by atoms with van der Waals surface area (Å²) in [6.45, 7) is 9.78. The van der Waals surface area contributed by atoms with Gasteiger partial charge in [0.25, 0.3) is 0 Å². The third kappa shape index (κ3) is 4.50. The van der Waals surface area contributed by atoms with Crippen molar-refractivity contribution in [3.63, 3.8) is 0 Å². The summed E-state index contributed by atoms with van der Waals surface area (Å²) in [7, 11) is 0. The van der Waals surface area contributed by atoms with Gasteiger partial charge in [-0.25, -0.2) is 0 Å². The highest BCUT2D eigenvalue weighted by Crippen LogP contribution is 2.20. The number of hydrogen-bond acceptors (Lipinski definition) is 3. The van der Waals surface area contributed by atoms with Gasteiger partial charge < -0.3 is 14.7 Å². The second kappa shape index (κ2) is 6.59. The molecule has 112 valence electrons. The van der Waals surface area contributed by atoms with Crippen molar-refractivity contribution < 1.29 is 9.84 Å². The smallest absolute Gasteiger partial charge is 0.119 e. The minimum absolute atomic E-state index is 0.507. The van der Waals surface area contributed by atoms with Gasteiger partial charge in [-0.1, -0.05) is 6.07 Å². The van der Waals surface area contributed by atoms with E-state index in [1.807, 2.05) is 13.0 Å². The fraction of sp³-hybridized carbons (Fsp3) is 0.647. The number of piperidine rings is 1. The zero-order valence-corrected chi connectivity index (χ0v) is 13.0. The molecule has 0 radical (unpaired) electrons. The fourth-order valence-electron chi connectivity index (χ4n) is 2.80. The van der Waals surface area contributed by atoms with Crippen molar-refractivity contribution in [2.45, 2.75) is 45.6 Å². The number of rotatable bonds is 5. The van der Waals surface area contributed by atoms with Crippen LogP contribution >= 0.6 is 0 Å². The predicted molar refractivity (Wildman–Crippen MR) is 82.3 cm³/mol. The van der Waals surface area contributed by atoms with Gasteiger partial charge in [-0.05, 0) is 69.8 Å². The number of aryl methyl sites for hydroxylation is 2. The molecule has 1 aliphatic rings. The van der Waals surface area contributed by atoms with Crippen LogP contribution in [-0.2, 0) is 0 Å². The van der Waals surface area contributed by atoms with Crippen LogP contribution in [0.15, 0.2) is 18.2 Å². The van der Waals surface area contributed by atoms with Crippen molar-refractivity contribution in [1.29, 1.82) is 0 Å². The summed E-state index contributed by atoms with van der Waals surface area (Å²) in [6, 6.07) is 6.24. The third-order valence-corrected chi connectivity index (χ3v) is 4.12. The standard InChI is InChI=1S/C17H27NO2/c1-14-6-7-16(12-15(14)2)20-11-5-10-18-9-4-8-17(3,19)13-18/h6-7,12,19H,4-5,8-11,13H2,1-3H3. The van der Waals surface area contributed by atoms with Crippen molar-refractivity contribution in [1.82, 2.24) is 4.90 Å². The van der Waals surface area contributed by atoms with Crippen LogP contribution in [0.5, 0.6) is 5.75 Å². The molecule has 1 aliphatic heterocycles. The molecule has 1 fully saturated rings. The molecule has 1 saturated heterocycles. The number of aliphatic hydroxyl groups is 1. The Morgan fingerprint density at radius 1 is 1.30 bits per heavy atom. The molecule has 20 heavy (non-hydrogen) atoms. The Balaban J connectivity index is 1.70. The van der Waals surface area contributed by atoms with Gasteiger partial charge in [0.1, 0.15) is 5.75 Å². The van der Waals surface area contributed by atoms with Crippen LogP contribution in [0.25, 0.3) is 0 Å². The largest absolute Gasteiger partial charge is 0.494 e. The van der Waals surface area contributed by atoms with Gasteiger partial charge in [-0.15, -0.1) is 0 Å². The second-order valence-electron chi connectivity index (χ2n) is 6.32. The Labute approximate surface area is 122 Å². The predicted octanol–water partition coefficient (Wildman–Crippen LogP) is 2.92. The number of benzene rings is 1. The van der Waals surface area contributed by atoms with Gasteiger partial charge in [-0.3, -0.25) is 0 Å². The topological polar surface area (TPSA) is 32.7 Å². The summed E-state index contributed by atoms with van der Waals surface area (Å²) in [4.78, 5) is 2.34. The molecule has 0 saturated carbocycles. The van der Waals surface area contributed by atoms with E-state index in [2.05, 4.69) is 30.9 Å². The molecule has 0 spiro atoms. The van der Waals surface area contributed by atoms with Gasteiger partial charge in [0.15, 0.2) is 0 Å². The first-order valence-corrected chi connectivity index (χ1v) is 7.61. The quantitative estimate of drug-likeness (QED) is 0.840. The van der Waals surface area contributed by atoms with Gasteiger partial charge in [0.2, 0.25) is 0 Å². The van der Waals surface area contributed by atoms with Crippen LogP contribution < -0.4 is 4.74 Å². The molecule has 3 heteroatoms. The molecule has 0 amide bonds. The number of β-amino-alcohol motifs (C(OH)–C–C–N with tert-alkyl or cyclic N) is 1. The molecule has 1 unspecified atom stereocenters. The molecule has 0 aliphatic carbocycles. The summed E-state index contributed by atoms with van der Waals surface area (Å²) in [6.07, 6.45) is 3.01. The van der Waals surface area contributed by atoms with Gasteiger partial charge in [0, 0.05) is 13.1 Å². The minimum Gasteiger partial charge on any atom is -0.494 e. The molecule has 3 nitrogen and oxygen atoms in total. The van der Waals surface area contributed by atoms with Crippen LogP contribution in [0.2, 0.25) is 0 Å². The lowest BCUT2D eigenvalue weighted by atomic mass is 9.95. The van der Waals surface area contributed by atoms with Crippen LogP contribution in [0.4, 0.5) is 0 Å². The first-order valence-electron chi connectivity index (χ1n) is 7.61. The van der Waals surface area contributed by atoms with E-state index in [9.17, 15) is 5.11 Å². The normalized spacial score (nSPS) is 23.8. The molecule has 0 bridgehead atoms. The molecule has 2 rings (SSSR count).